The van der Waals surface area contributed by atoms with Crippen LogP contribution in [0.25, 0.3) is 33.3 Å². The van der Waals surface area contributed by atoms with Crippen molar-refractivity contribution in [1.82, 2.24) is 29.7 Å². The van der Waals surface area contributed by atoms with E-state index in [2.05, 4.69) is 22.9 Å². The fourth-order valence-corrected chi connectivity index (χ4v) is 10.6. The van der Waals surface area contributed by atoms with Gasteiger partial charge in [0.2, 0.25) is 11.7 Å². The summed E-state index contributed by atoms with van der Waals surface area (Å²) in [6.07, 6.45) is -2.87. The predicted octanol–water partition coefficient (Wildman–Crippen LogP) is 7.52. The summed E-state index contributed by atoms with van der Waals surface area (Å²) in [4.78, 5) is 76.6. The molecule has 0 saturated carbocycles. The van der Waals surface area contributed by atoms with Gasteiger partial charge in [0.25, 0.3) is 18.5 Å². The number of nitrogens with zero attached hydrogens (tertiary/aromatic N) is 6. The Kier molecular flexibility index (Phi) is 15.4. The minimum Gasteiger partial charge on any atom is -0.508 e. The van der Waals surface area contributed by atoms with Crippen LogP contribution in [0.4, 0.5) is 18.0 Å². The third-order valence-corrected chi connectivity index (χ3v) is 14.3. The van der Waals surface area contributed by atoms with Crippen molar-refractivity contribution in [2.24, 2.45) is 17.3 Å². The van der Waals surface area contributed by atoms with E-state index in [1.165, 1.54) is 27.9 Å². The summed E-state index contributed by atoms with van der Waals surface area (Å²) < 4.78 is 54.9. The molecule has 4 aromatic rings. The number of pyridine rings is 1. The Balaban J connectivity index is 1.29. The number of urea groups is 1. The Hall–Kier alpha value is -5.95. The highest BCUT2D eigenvalue weighted by molar-refractivity contribution is 7.44. The highest BCUT2D eigenvalue weighted by Crippen LogP contribution is 2.42. The Morgan fingerprint density at radius 1 is 1.04 bits per heavy atom. The predicted molar refractivity (Wildman–Crippen MR) is 257 cm³/mol. The molecular formula is C51H63F3N7O8S+. The lowest BCUT2D eigenvalue weighted by molar-refractivity contribution is -0.676. The van der Waals surface area contributed by atoms with E-state index < -0.39 is 71.2 Å². The number of halogens is 3. The fourth-order valence-electron chi connectivity index (χ4n) is 10.3. The van der Waals surface area contributed by atoms with Crippen molar-refractivity contribution in [2.45, 2.75) is 117 Å². The Morgan fingerprint density at radius 2 is 1.76 bits per heavy atom. The molecule has 2 saturated heterocycles. The van der Waals surface area contributed by atoms with Gasteiger partial charge >= 0.3 is 24.1 Å². The number of likely N-dealkylation sites (N-methyl/N-ethyl adjacent to an activating group) is 1. The van der Waals surface area contributed by atoms with Crippen molar-refractivity contribution in [2.75, 3.05) is 40.4 Å². The molecule has 3 aliphatic rings. The number of piperidine rings is 1. The molecule has 0 aliphatic carbocycles. The first-order valence-electron chi connectivity index (χ1n) is 23.9. The number of ether oxygens (including phenoxy) is 2. The highest BCUT2D eigenvalue weighted by Gasteiger charge is 2.47. The number of Topliss-reactive ketones (excluding diaryl/α,β-unsaturated/α-hetero) is 1. The minimum absolute atomic E-state index is 0.0207. The molecule has 376 valence electrons. The summed E-state index contributed by atoms with van der Waals surface area (Å²) in [6, 6.07) is 10.9. The van der Waals surface area contributed by atoms with Crippen LogP contribution in [0.1, 0.15) is 90.2 Å². The van der Waals surface area contributed by atoms with Crippen LogP contribution in [0.3, 0.4) is 0 Å². The number of alkyl halides is 3. The number of ketones is 1. The zero-order valence-corrected chi connectivity index (χ0v) is 41.8. The Bertz CT molecular complexity index is 2680. The van der Waals surface area contributed by atoms with Gasteiger partial charge in [0.05, 0.1) is 30.6 Å². The first-order valence-corrected chi connectivity index (χ1v) is 24.3. The lowest BCUT2D eigenvalue weighted by Gasteiger charge is -2.38. The number of hydrazine groups is 1. The van der Waals surface area contributed by atoms with Crippen LogP contribution in [-0.2, 0) is 60.5 Å². The van der Waals surface area contributed by atoms with Gasteiger partial charge in [-0.05, 0) is 108 Å². The van der Waals surface area contributed by atoms with Gasteiger partial charge in [0.1, 0.15) is 17.8 Å². The molecule has 2 N–H and O–H groups in total. The van der Waals surface area contributed by atoms with Crippen LogP contribution in [0.5, 0.6) is 5.75 Å². The van der Waals surface area contributed by atoms with Crippen LogP contribution in [0.15, 0.2) is 54.7 Å². The van der Waals surface area contributed by atoms with E-state index in [1.807, 2.05) is 51.1 Å². The zero-order valence-electron chi connectivity index (χ0n) is 41.0. The summed E-state index contributed by atoms with van der Waals surface area (Å²) in [7, 11) is 3.06. The van der Waals surface area contributed by atoms with Crippen molar-refractivity contribution in [1.29, 1.82) is 0 Å². The number of benzene rings is 2. The highest BCUT2D eigenvalue weighted by atomic mass is 32.1. The van der Waals surface area contributed by atoms with E-state index in [0.29, 0.717) is 36.9 Å². The molecule has 2 aromatic carbocycles. The van der Waals surface area contributed by atoms with Crippen molar-refractivity contribution in [3.63, 3.8) is 0 Å². The summed E-state index contributed by atoms with van der Waals surface area (Å²) in [6.45, 7) is 12.1. The van der Waals surface area contributed by atoms with Crippen molar-refractivity contribution in [3.05, 3.63) is 71.5 Å². The Morgan fingerprint density at radius 3 is 2.41 bits per heavy atom. The van der Waals surface area contributed by atoms with Crippen LogP contribution >= 0.6 is 0 Å². The topological polar surface area (TPSA) is 167 Å². The van der Waals surface area contributed by atoms with E-state index in [-0.39, 0.29) is 57.4 Å². The quantitative estimate of drug-likeness (QED) is 0.127. The number of amides is 4. The molecule has 5 heterocycles. The van der Waals surface area contributed by atoms with Gasteiger partial charge in [-0.15, -0.1) is 5.01 Å². The fraction of sp³-hybridized carbons (Fsp3) is 0.529. The molecule has 0 spiro atoms. The number of carbonyl (C=O) groups is 5. The first-order chi connectivity index (χ1) is 33.0. The molecule has 6 bridgehead atoms. The van der Waals surface area contributed by atoms with E-state index >= 15 is 0 Å². The molecular weight excluding hydrogens is 928 g/mol. The van der Waals surface area contributed by atoms with E-state index in [0.717, 1.165) is 43.0 Å². The standard InChI is InChI=1S/C51H62F3N7O8S/c1-9-59-40-15-14-33-26-37(40)38(44(59)36-12-10-18-55-42(36)30(4)68-8)27-50(5,6)28-69-48(66)41-13-11-19-60(61(41)70)47(65)39(24-31-22-34(33)25-35(62)23-31)56-46(64)43(29(2)3)57(7)49(67)58-20-16-32(17-21-58)45(63)51(52,53)54/h10,12,14-15,18,22-23,25-26,29-30,32,39,41,43H,9,11,13,16-17,19-21,24,27-28H2,1-8H3,(H-,56,62,64)/p+1/t30-,39-,41-,43-/m0/s1. The summed E-state index contributed by atoms with van der Waals surface area (Å²) in [5.74, 6) is -5.60. The van der Waals surface area contributed by atoms with Crippen LogP contribution < -0.4 is 5.32 Å². The van der Waals surface area contributed by atoms with E-state index in [1.54, 1.807) is 33.2 Å². The second kappa shape index (κ2) is 20.8. The van der Waals surface area contributed by atoms with Crippen molar-refractivity contribution in [3.8, 4) is 28.1 Å². The smallest absolute Gasteiger partial charge is 0.450 e. The van der Waals surface area contributed by atoms with Gasteiger partial charge in [-0.1, -0.05) is 39.8 Å². The van der Waals surface area contributed by atoms with Crippen LogP contribution in [0, 0.1) is 17.3 Å². The van der Waals surface area contributed by atoms with Crippen molar-refractivity contribution >= 4 is 52.9 Å². The van der Waals surface area contributed by atoms with E-state index in [9.17, 15) is 42.3 Å². The number of likely N-dealkylation sites (tertiary alicyclic amines) is 1. The number of esters is 1. The maximum atomic E-state index is 14.9. The number of phenolic OH excluding ortho intramolecular Hbond substituents is 1. The average molecular weight is 991 g/mol. The molecule has 2 aromatic heterocycles. The summed E-state index contributed by atoms with van der Waals surface area (Å²) in [5.41, 5.74) is 5.86. The molecule has 2 fully saturated rings. The lowest BCUT2D eigenvalue weighted by Crippen LogP contribution is -2.61. The van der Waals surface area contributed by atoms with Gasteiger partial charge in [-0.25, -0.2) is 9.59 Å². The number of hydrogen-bond acceptors (Lipinski definition) is 10. The number of nitrogens with one attached hydrogen (secondary N) is 1. The number of cyclic esters (lactones) is 1. The van der Waals surface area contributed by atoms with Gasteiger partial charge in [-0.2, -0.15) is 13.2 Å². The summed E-state index contributed by atoms with van der Waals surface area (Å²) in [5, 5.41) is 16.4. The molecule has 4 amide bonds. The second-order valence-corrected chi connectivity index (χ2v) is 20.2. The molecule has 3 aliphatic heterocycles. The number of hydrogen-bond donors (Lipinski definition) is 2. The van der Waals surface area contributed by atoms with E-state index in [4.69, 9.17) is 26.9 Å². The summed E-state index contributed by atoms with van der Waals surface area (Å²) >= 11 is 5.82. The normalized spacial score (nSPS) is 20.2. The number of aromatic hydroxyl groups is 1. The van der Waals surface area contributed by atoms with Gasteiger partial charge in [-0.3, -0.25) is 19.4 Å². The molecule has 19 heteroatoms. The maximum Gasteiger partial charge on any atom is 0.450 e. The number of aromatic nitrogens is 2. The third kappa shape index (κ3) is 10.7. The van der Waals surface area contributed by atoms with Gasteiger partial charge in [0.15, 0.2) is 0 Å². The number of rotatable bonds is 9. The molecule has 0 radical (unpaired) electrons. The average Bonchev–Trinajstić information content (AvgIpc) is 3.62. The maximum absolute atomic E-state index is 14.9. The SMILES string of the molecule is CCn1c(-c2cccnc2[C@H](C)OC)c2c3cc(ccc31)-c1cc(O)cc(c1)C[C@H](NC(=O)[C@H](C(C)C)N(C)C(=O)N1CCC(C(=O)C(F)(F)F)CC1)C(=O)N1CCC[C@@H](C(=O)OCC(C)(C)C2)[N+]1=S. The number of phenols is 1. The molecule has 0 unspecified atom stereocenters. The number of methoxy groups -OCH3 is 1. The van der Waals surface area contributed by atoms with Crippen LogP contribution in [0.2, 0.25) is 0 Å². The number of aryl methyl sites for hydroxylation is 1. The monoisotopic (exact) mass is 990 g/mol. The molecule has 4 atom stereocenters. The molecule has 15 nitrogen and oxygen atoms in total. The van der Waals surface area contributed by atoms with Crippen molar-refractivity contribution < 1.29 is 55.8 Å². The minimum atomic E-state index is -4.98. The second-order valence-electron chi connectivity index (χ2n) is 19.8. The third-order valence-electron chi connectivity index (χ3n) is 13.9. The van der Waals surface area contributed by atoms with Gasteiger partial charge in [0, 0.05) is 80.6 Å². The largest absolute Gasteiger partial charge is 0.508 e. The zero-order chi connectivity index (χ0) is 51.0. The molecule has 70 heavy (non-hydrogen) atoms. The Labute approximate surface area is 411 Å². The number of fused-ring (bicyclic) bond motifs is 6. The van der Waals surface area contributed by atoms with Crippen LogP contribution in [-0.4, -0.2) is 128 Å². The number of carbonyl (C=O) groups excluding carboxylic acids is 5. The molecule has 7 rings (SSSR count). The first kappa shape index (κ1) is 51.9. The lowest BCUT2D eigenvalue weighted by atomic mass is 9.84. The van der Waals surface area contributed by atoms with Gasteiger partial charge < -0.3 is 34.3 Å².